The average Bonchev–Trinajstić information content (AvgIpc) is 3.11. The summed E-state index contributed by atoms with van der Waals surface area (Å²) < 4.78 is 35.2. The van der Waals surface area contributed by atoms with E-state index in [1.165, 1.54) is 0 Å². The van der Waals surface area contributed by atoms with Gasteiger partial charge in [0.15, 0.2) is 0 Å². The molecule has 2 aliphatic heterocycles. The summed E-state index contributed by atoms with van der Waals surface area (Å²) in [6.45, 7) is 7.68. The number of methoxy groups -OCH3 is 1. The molecule has 7 nitrogen and oxygen atoms in total. The summed E-state index contributed by atoms with van der Waals surface area (Å²) in [5.41, 5.74) is 3.51. The van der Waals surface area contributed by atoms with Crippen LogP contribution in [0.3, 0.4) is 0 Å². The second-order valence-corrected chi connectivity index (χ2v) is 11.0. The smallest absolute Gasteiger partial charge is 0.285 e. The third kappa shape index (κ3) is 5.42. The zero-order chi connectivity index (χ0) is 25.2. The van der Waals surface area contributed by atoms with Crippen molar-refractivity contribution in [2.45, 2.75) is 46.1 Å². The molecule has 186 valence electrons. The Labute approximate surface area is 208 Å². The van der Waals surface area contributed by atoms with Crippen LogP contribution in [-0.2, 0) is 21.4 Å². The summed E-state index contributed by atoms with van der Waals surface area (Å²) in [4.78, 5) is 15.0. The Morgan fingerprint density at radius 1 is 1.09 bits per heavy atom. The minimum absolute atomic E-state index is 0.0274. The van der Waals surface area contributed by atoms with Crippen molar-refractivity contribution < 1.29 is 17.9 Å². The molecule has 0 spiro atoms. The van der Waals surface area contributed by atoms with E-state index in [1.54, 1.807) is 7.11 Å². The van der Waals surface area contributed by atoms with E-state index in [2.05, 4.69) is 23.6 Å². The van der Waals surface area contributed by atoms with Crippen LogP contribution in [0.5, 0.6) is 5.75 Å². The van der Waals surface area contributed by atoms with Gasteiger partial charge in [0.1, 0.15) is 16.5 Å². The van der Waals surface area contributed by atoms with Crippen molar-refractivity contribution in [3.63, 3.8) is 0 Å². The number of nitrogens with one attached hydrogen (secondary N) is 1. The fraction of sp³-hybridized carbons (Fsp3) is 0.407. The van der Waals surface area contributed by atoms with Gasteiger partial charge in [-0.1, -0.05) is 50.2 Å². The molecule has 0 bridgehead atoms. The van der Waals surface area contributed by atoms with Crippen molar-refractivity contribution in [3.05, 3.63) is 70.8 Å². The molecular formula is C27H33N3O4S. The number of hydrogen-bond donors (Lipinski definition) is 1. The highest BCUT2D eigenvalue weighted by Gasteiger charge is 2.35. The second kappa shape index (κ2) is 10.2. The molecule has 1 fully saturated rings. The quantitative estimate of drug-likeness (QED) is 0.645. The van der Waals surface area contributed by atoms with E-state index >= 15 is 0 Å². The lowest BCUT2D eigenvalue weighted by Gasteiger charge is -2.32. The molecule has 1 N–H and O–H groups in total. The molecule has 35 heavy (non-hydrogen) atoms. The Kier molecular flexibility index (Phi) is 7.31. The number of carbonyl (C=O) groups is 1. The fourth-order valence-corrected chi connectivity index (χ4v) is 6.12. The van der Waals surface area contributed by atoms with Crippen molar-refractivity contribution in [1.29, 1.82) is 0 Å². The first-order valence-corrected chi connectivity index (χ1v) is 13.5. The molecule has 8 heteroatoms. The van der Waals surface area contributed by atoms with Gasteiger partial charge in [-0.25, -0.2) is 0 Å². The van der Waals surface area contributed by atoms with E-state index in [0.717, 1.165) is 16.9 Å². The molecule has 2 aromatic carbocycles. The monoisotopic (exact) mass is 495 g/mol. The molecule has 4 rings (SSSR count). The number of sulfonamides is 1. The third-order valence-corrected chi connectivity index (χ3v) is 8.24. The number of benzene rings is 2. The summed E-state index contributed by atoms with van der Waals surface area (Å²) in [6, 6.07) is 15.3. The van der Waals surface area contributed by atoms with Gasteiger partial charge in [0.25, 0.3) is 10.0 Å². The van der Waals surface area contributed by atoms with Gasteiger partial charge in [-0.15, -0.1) is 4.40 Å². The van der Waals surface area contributed by atoms with E-state index in [1.807, 2.05) is 60.4 Å². The molecule has 0 radical (unpaired) electrons. The molecule has 0 aromatic heterocycles. The lowest BCUT2D eigenvalue weighted by atomic mass is 9.95. The Balaban J connectivity index is 1.38. The lowest BCUT2D eigenvalue weighted by molar-refractivity contribution is -0.126. The Morgan fingerprint density at radius 2 is 1.71 bits per heavy atom. The van der Waals surface area contributed by atoms with Crippen LogP contribution in [-0.4, -0.2) is 45.3 Å². The zero-order valence-corrected chi connectivity index (χ0v) is 21.6. The van der Waals surface area contributed by atoms with Gasteiger partial charge in [-0.2, -0.15) is 8.42 Å². The van der Waals surface area contributed by atoms with Gasteiger partial charge in [0, 0.05) is 31.1 Å². The van der Waals surface area contributed by atoms with Crippen LogP contribution in [0.25, 0.3) is 4.91 Å². The number of rotatable bonds is 6. The van der Waals surface area contributed by atoms with Gasteiger partial charge in [-0.3, -0.25) is 4.79 Å². The summed E-state index contributed by atoms with van der Waals surface area (Å²) >= 11 is 0. The largest absolute Gasteiger partial charge is 0.497 e. The van der Waals surface area contributed by atoms with Crippen molar-refractivity contribution in [1.82, 2.24) is 10.2 Å². The Hall–Kier alpha value is -3.13. The molecule has 0 unspecified atom stereocenters. The van der Waals surface area contributed by atoms with Crippen molar-refractivity contribution in [2.24, 2.45) is 10.3 Å². The number of ether oxygens (including phenoxy) is 1. The highest BCUT2D eigenvalue weighted by molar-refractivity contribution is 8.00. The third-order valence-electron chi connectivity index (χ3n) is 6.77. The maximum absolute atomic E-state index is 12.9. The van der Waals surface area contributed by atoms with E-state index in [4.69, 9.17) is 4.74 Å². The highest BCUT2D eigenvalue weighted by Crippen LogP contribution is 2.35. The summed E-state index contributed by atoms with van der Waals surface area (Å²) in [6.07, 6.45) is 1.30. The lowest BCUT2D eigenvalue weighted by Crippen LogP contribution is -2.43. The van der Waals surface area contributed by atoms with E-state index in [0.29, 0.717) is 55.4 Å². The second-order valence-electron chi connectivity index (χ2n) is 9.45. The predicted octanol–water partition coefficient (Wildman–Crippen LogP) is 4.32. The van der Waals surface area contributed by atoms with Crippen molar-refractivity contribution in [3.8, 4) is 5.75 Å². The zero-order valence-electron chi connectivity index (χ0n) is 20.7. The first-order chi connectivity index (χ1) is 16.7. The van der Waals surface area contributed by atoms with Crippen LogP contribution >= 0.6 is 0 Å². The minimum atomic E-state index is -3.76. The molecule has 0 saturated carbocycles. The number of likely N-dealkylation sites (tertiary alicyclic amines) is 1. The molecule has 2 aromatic rings. The van der Waals surface area contributed by atoms with Gasteiger partial charge in [-0.05, 0) is 54.5 Å². The van der Waals surface area contributed by atoms with Crippen LogP contribution < -0.4 is 10.1 Å². The van der Waals surface area contributed by atoms with Crippen LogP contribution in [0.1, 0.15) is 56.2 Å². The molecule has 1 saturated heterocycles. The molecular weight excluding hydrogens is 462 g/mol. The normalized spacial score (nSPS) is 18.1. The van der Waals surface area contributed by atoms with Gasteiger partial charge >= 0.3 is 0 Å². The molecule has 2 aliphatic rings. The Bertz CT molecular complexity index is 1240. The summed E-state index contributed by atoms with van der Waals surface area (Å²) in [5.74, 6) is 1.59. The number of amidine groups is 1. The number of nitrogens with zero attached hydrogens (tertiary/aromatic N) is 2. The van der Waals surface area contributed by atoms with E-state index < -0.39 is 10.0 Å². The van der Waals surface area contributed by atoms with Gasteiger partial charge in [0.2, 0.25) is 5.91 Å². The standard InChI is InChI=1S/C27H33N3O4S/c1-18(2)21-7-9-22(10-8-21)25-19(3)26(29-35(25,32)33)30-15-13-23(14-16-30)27(31)28-17-20-5-11-24(34-4)12-6-20/h5-12,18,23H,13-17H2,1-4H3,(H,28,31). The van der Waals surface area contributed by atoms with Crippen LogP contribution in [0.4, 0.5) is 0 Å². The number of carbonyl (C=O) groups excluding carboxylic acids is 1. The Morgan fingerprint density at radius 3 is 2.29 bits per heavy atom. The maximum Gasteiger partial charge on any atom is 0.285 e. The van der Waals surface area contributed by atoms with E-state index in [9.17, 15) is 13.2 Å². The van der Waals surface area contributed by atoms with Gasteiger partial charge in [0.05, 0.1) is 7.11 Å². The topological polar surface area (TPSA) is 88.1 Å². The first kappa shape index (κ1) is 25.0. The number of amides is 1. The molecule has 0 atom stereocenters. The fourth-order valence-electron chi connectivity index (χ4n) is 4.63. The van der Waals surface area contributed by atoms with Crippen LogP contribution in [0.15, 0.2) is 58.5 Å². The first-order valence-electron chi connectivity index (χ1n) is 12.0. The summed E-state index contributed by atoms with van der Waals surface area (Å²) in [5, 5.41) is 3.02. The average molecular weight is 496 g/mol. The molecule has 2 heterocycles. The summed E-state index contributed by atoms with van der Waals surface area (Å²) in [7, 11) is -2.13. The molecule has 1 amide bonds. The number of hydrogen-bond acceptors (Lipinski definition) is 5. The van der Waals surface area contributed by atoms with Crippen molar-refractivity contribution >= 4 is 26.7 Å². The van der Waals surface area contributed by atoms with E-state index in [-0.39, 0.29) is 16.7 Å². The van der Waals surface area contributed by atoms with Crippen LogP contribution in [0.2, 0.25) is 0 Å². The SMILES string of the molecule is COc1ccc(CNC(=O)C2CCN(C3=NS(=O)(=O)C(c4ccc(C(C)C)cc4)=C3C)CC2)cc1. The molecule has 0 aliphatic carbocycles. The number of piperidine rings is 1. The van der Waals surface area contributed by atoms with Crippen molar-refractivity contribution in [2.75, 3.05) is 20.2 Å². The minimum Gasteiger partial charge on any atom is -0.497 e. The van der Waals surface area contributed by atoms with Crippen LogP contribution in [0, 0.1) is 5.92 Å². The predicted molar refractivity (Wildman–Crippen MR) is 139 cm³/mol. The van der Waals surface area contributed by atoms with Gasteiger partial charge < -0.3 is 15.0 Å². The highest BCUT2D eigenvalue weighted by atomic mass is 32.2. The maximum atomic E-state index is 12.9.